The van der Waals surface area contributed by atoms with Gasteiger partial charge in [0.15, 0.2) is 0 Å². The summed E-state index contributed by atoms with van der Waals surface area (Å²) in [4.78, 5) is 22.6. The van der Waals surface area contributed by atoms with E-state index >= 15 is 0 Å². The highest BCUT2D eigenvalue weighted by Gasteiger charge is 2.26. The average molecular weight is 335 g/mol. The quantitative estimate of drug-likeness (QED) is 0.887. The fraction of sp³-hybridized carbons (Fsp3) is 0.333. The maximum absolute atomic E-state index is 11.9. The molecule has 0 heterocycles. The van der Waals surface area contributed by atoms with Crippen LogP contribution in [0.4, 0.5) is 5.69 Å². The Labute approximate surface area is 118 Å². The van der Waals surface area contributed by atoms with Gasteiger partial charge < -0.3 is 10.4 Å². The van der Waals surface area contributed by atoms with Crippen molar-refractivity contribution in [2.24, 2.45) is 11.8 Å². The van der Waals surface area contributed by atoms with Crippen LogP contribution < -0.4 is 5.32 Å². The summed E-state index contributed by atoms with van der Waals surface area (Å²) < 4.78 is 0.803. The monoisotopic (exact) mass is 333 g/mol. The summed E-state index contributed by atoms with van der Waals surface area (Å²) in [6.07, 6.45) is 0. The number of carbonyl (C=O) groups excluding carboxylic acids is 1. The number of benzene rings is 1. The van der Waals surface area contributed by atoms with E-state index in [1.165, 1.54) is 6.92 Å². The number of rotatable bonds is 4. The zero-order valence-electron chi connectivity index (χ0n) is 9.91. The van der Waals surface area contributed by atoms with Crippen molar-refractivity contribution in [3.8, 4) is 0 Å². The number of nitrogens with one attached hydrogen (secondary N) is 1. The maximum atomic E-state index is 11.9. The zero-order chi connectivity index (χ0) is 13.9. The molecule has 0 aliphatic carbocycles. The van der Waals surface area contributed by atoms with Gasteiger partial charge in [-0.25, -0.2) is 0 Å². The number of halogens is 2. The molecule has 0 aromatic heterocycles. The average Bonchev–Trinajstić information content (AvgIpc) is 2.30. The molecule has 0 aliphatic heterocycles. The van der Waals surface area contributed by atoms with Gasteiger partial charge >= 0.3 is 5.97 Å². The molecule has 2 atom stereocenters. The first-order valence-electron chi connectivity index (χ1n) is 5.31. The number of hydrogen-bond donors (Lipinski definition) is 2. The van der Waals surface area contributed by atoms with Crippen LogP contribution in [0.25, 0.3) is 0 Å². The molecule has 18 heavy (non-hydrogen) atoms. The Balaban J connectivity index is 2.78. The van der Waals surface area contributed by atoms with Crippen LogP contribution in [-0.2, 0) is 9.59 Å². The summed E-state index contributed by atoms with van der Waals surface area (Å²) in [5.41, 5.74) is 0.467. The molecule has 2 N–H and O–H groups in total. The lowest BCUT2D eigenvalue weighted by Crippen LogP contribution is -2.30. The molecule has 0 fully saturated rings. The number of anilines is 1. The van der Waals surface area contributed by atoms with E-state index in [-0.39, 0.29) is 5.91 Å². The highest BCUT2D eigenvalue weighted by atomic mass is 79.9. The Morgan fingerprint density at radius 1 is 1.33 bits per heavy atom. The predicted octanol–water partition coefficient (Wildman–Crippen LogP) is 3.40. The fourth-order valence-electron chi connectivity index (χ4n) is 1.28. The largest absolute Gasteiger partial charge is 0.481 e. The van der Waals surface area contributed by atoms with Crippen molar-refractivity contribution < 1.29 is 14.7 Å². The van der Waals surface area contributed by atoms with E-state index in [2.05, 4.69) is 21.2 Å². The highest BCUT2D eigenvalue weighted by Crippen LogP contribution is 2.26. The minimum atomic E-state index is -1.00. The van der Waals surface area contributed by atoms with E-state index < -0.39 is 17.8 Å². The van der Waals surface area contributed by atoms with E-state index in [4.69, 9.17) is 16.7 Å². The normalized spacial score (nSPS) is 13.8. The Bertz CT molecular complexity index is 478. The van der Waals surface area contributed by atoms with Crippen LogP contribution in [0.15, 0.2) is 22.7 Å². The Morgan fingerprint density at radius 2 is 1.94 bits per heavy atom. The number of carboxylic acids is 1. The third-order valence-electron chi connectivity index (χ3n) is 2.74. The number of aliphatic carboxylic acids is 1. The first-order valence-corrected chi connectivity index (χ1v) is 6.48. The van der Waals surface area contributed by atoms with Gasteiger partial charge in [-0.3, -0.25) is 9.59 Å². The molecular weight excluding hydrogens is 321 g/mol. The molecule has 0 radical (unpaired) electrons. The summed E-state index contributed by atoms with van der Waals surface area (Å²) in [7, 11) is 0. The van der Waals surface area contributed by atoms with Crippen LogP contribution in [0, 0.1) is 11.8 Å². The highest BCUT2D eigenvalue weighted by molar-refractivity contribution is 9.10. The van der Waals surface area contributed by atoms with Crippen molar-refractivity contribution in [2.45, 2.75) is 13.8 Å². The summed E-state index contributed by atoms with van der Waals surface area (Å²) in [5.74, 6) is -2.75. The Hall–Kier alpha value is -1.07. The minimum absolute atomic E-state index is 0.367. The molecule has 0 saturated heterocycles. The van der Waals surface area contributed by atoms with Gasteiger partial charge in [0.2, 0.25) is 5.91 Å². The molecule has 0 saturated carbocycles. The topological polar surface area (TPSA) is 66.4 Å². The molecule has 2 unspecified atom stereocenters. The second-order valence-corrected chi connectivity index (χ2v) is 5.35. The van der Waals surface area contributed by atoms with Crippen LogP contribution >= 0.6 is 27.5 Å². The summed E-state index contributed by atoms with van der Waals surface area (Å²) >= 11 is 9.22. The lowest BCUT2D eigenvalue weighted by Gasteiger charge is -2.16. The summed E-state index contributed by atoms with van der Waals surface area (Å²) in [5, 5.41) is 11.9. The first-order chi connectivity index (χ1) is 8.32. The molecule has 1 amide bonds. The Morgan fingerprint density at radius 3 is 2.44 bits per heavy atom. The molecule has 98 valence electrons. The molecule has 1 aromatic rings. The minimum Gasteiger partial charge on any atom is -0.481 e. The van der Waals surface area contributed by atoms with Gasteiger partial charge in [0.25, 0.3) is 0 Å². The van der Waals surface area contributed by atoms with Gasteiger partial charge in [-0.1, -0.05) is 41.4 Å². The molecule has 0 aliphatic rings. The Kier molecular flexibility index (Phi) is 5.16. The first kappa shape index (κ1) is 15.0. The van der Waals surface area contributed by atoms with Crippen molar-refractivity contribution in [2.75, 3.05) is 5.32 Å². The van der Waals surface area contributed by atoms with Crippen LogP contribution in [0.3, 0.4) is 0 Å². The van der Waals surface area contributed by atoms with Crippen molar-refractivity contribution in [3.05, 3.63) is 27.7 Å². The SMILES string of the molecule is CC(C(=O)O)C(C)C(=O)Nc1ccc(Br)cc1Cl. The van der Waals surface area contributed by atoms with Gasteiger partial charge in [-0.2, -0.15) is 0 Å². The molecule has 0 spiro atoms. The van der Waals surface area contributed by atoms with E-state index in [1.807, 2.05) is 0 Å². The molecule has 1 aromatic carbocycles. The third kappa shape index (κ3) is 3.71. The van der Waals surface area contributed by atoms with Crippen molar-refractivity contribution >= 4 is 45.1 Å². The van der Waals surface area contributed by atoms with Gasteiger partial charge in [-0.05, 0) is 18.2 Å². The molecular formula is C12H13BrClNO3. The lowest BCUT2D eigenvalue weighted by molar-refractivity contribution is -0.145. The molecule has 1 rings (SSSR count). The third-order valence-corrected chi connectivity index (χ3v) is 3.55. The van der Waals surface area contributed by atoms with Crippen LogP contribution in [-0.4, -0.2) is 17.0 Å². The van der Waals surface area contributed by atoms with Crippen LogP contribution in [0.1, 0.15) is 13.8 Å². The van der Waals surface area contributed by atoms with Crippen LogP contribution in [0.5, 0.6) is 0 Å². The standard InChI is InChI=1S/C12H13BrClNO3/c1-6(7(2)12(17)18)11(16)15-10-4-3-8(13)5-9(10)14/h3-7H,1-2H3,(H,15,16)(H,17,18). The summed E-state index contributed by atoms with van der Waals surface area (Å²) in [6, 6.07) is 5.05. The number of hydrogen-bond acceptors (Lipinski definition) is 2. The van der Waals surface area contributed by atoms with Crippen molar-refractivity contribution in [3.63, 3.8) is 0 Å². The number of carboxylic acid groups (broad SMARTS) is 1. The van der Waals surface area contributed by atoms with Gasteiger partial charge in [0, 0.05) is 10.4 Å². The number of amides is 1. The van der Waals surface area contributed by atoms with E-state index in [9.17, 15) is 9.59 Å². The fourth-order valence-corrected chi connectivity index (χ4v) is 2.00. The summed E-state index contributed by atoms with van der Waals surface area (Å²) in [6.45, 7) is 3.07. The van der Waals surface area contributed by atoms with E-state index in [0.717, 1.165) is 4.47 Å². The van der Waals surface area contributed by atoms with E-state index in [0.29, 0.717) is 10.7 Å². The lowest BCUT2D eigenvalue weighted by atomic mass is 9.95. The van der Waals surface area contributed by atoms with Gasteiger partial charge in [0.05, 0.1) is 16.6 Å². The molecule has 0 bridgehead atoms. The molecule has 4 nitrogen and oxygen atoms in total. The maximum Gasteiger partial charge on any atom is 0.307 e. The zero-order valence-corrected chi connectivity index (χ0v) is 12.2. The number of carbonyl (C=O) groups is 2. The predicted molar refractivity (Wildman–Crippen MR) is 73.7 cm³/mol. The van der Waals surface area contributed by atoms with Crippen LogP contribution in [0.2, 0.25) is 5.02 Å². The molecule has 6 heteroatoms. The van der Waals surface area contributed by atoms with Gasteiger partial charge in [0.1, 0.15) is 0 Å². The second kappa shape index (κ2) is 6.20. The van der Waals surface area contributed by atoms with Crippen molar-refractivity contribution in [1.29, 1.82) is 0 Å². The second-order valence-electron chi connectivity index (χ2n) is 4.03. The van der Waals surface area contributed by atoms with Gasteiger partial charge in [-0.15, -0.1) is 0 Å². The van der Waals surface area contributed by atoms with E-state index in [1.54, 1.807) is 25.1 Å². The smallest absolute Gasteiger partial charge is 0.307 e. The van der Waals surface area contributed by atoms with Crippen molar-refractivity contribution in [1.82, 2.24) is 0 Å².